The molecular formula is C21H24N4. The van der Waals surface area contributed by atoms with Gasteiger partial charge in [-0.3, -0.25) is 4.40 Å². The van der Waals surface area contributed by atoms with Crippen molar-refractivity contribution < 1.29 is 0 Å². The fraction of sp³-hybridized carbons (Fsp3) is 0.429. The van der Waals surface area contributed by atoms with Crippen molar-refractivity contribution >= 4 is 22.5 Å². The van der Waals surface area contributed by atoms with Crippen LogP contribution in [0.3, 0.4) is 0 Å². The predicted molar refractivity (Wildman–Crippen MR) is 102 cm³/mol. The van der Waals surface area contributed by atoms with Crippen LogP contribution < -0.4 is 5.32 Å². The van der Waals surface area contributed by atoms with Crippen LogP contribution in [0.15, 0.2) is 24.3 Å². The lowest BCUT2D eigenvalue weighted by Gasteiger charge is -2.27. The number of benzene rings is 1. The van der Waals surface area contributed by atoms with Gasteiger partial charge in [-0.1, -0.05) is 38.3 Å². The molecule has 0 radical (unpaired) electrons. The monoisotopic (exact) mass is 332 g/mol. The maximum atomic E-state index is 9.75. The van der Waals surface area contributed by atoms with Crippen LogP contribution in [0, 0.1) is 18.3 Å². The fourth-order valence-corrected chi connectivity index (χ4v) is 4.21. The van der Waals surface area contributed by atoms with E-state index in [0.29, 0.717) is 11.6 Å². The average molecular weight is 332 g/mol. The molecule has 1 saturated carbocycles. The number of imidazole rings is 1. The zero-order valence-electron chi connectivity index (χ0n) is 15.0. The third kappa shape index (κ3) is 2.55. The second-order valence-corrected chi connectivity index (χ2v) is 7.03. The smallest absolute Gasteiger partial charge is 0.157 e. The van der Waals surface area contributed by atoms with Crippen molar-refractivity contribution in [3.8, 4) is 6.07 Å². The molecule has 1 aliphatic rings. The number of nitrogens with one attached hydrogen (secondary N) is 1. The van der Waals surface area contributed by atoms with E-state index in [1.807, 2.05) is 18.2 Å². The van der Waals surface area contributed by atoms with Crippen molar-refractivity contribution in [2.45, 2.75) is 58.4 Å². The molecule has 4 nitrogen and oxygen atoms in total. The van der Waals surface area contributed by atoms with Gasteiger partial charge in [0.15, 0.2) is 5.65 Å². The summed E-state index contributed by atoms with van der Waals surface area (Å²) in [5.74, 6) is 1.13. The quantitative estimate of drug-likeness (QED) is 0.736. The van der Waals surface area contributed by atoms with E-state index in [4.69, 9.17) is 4.98 Å². The molecule has 1 aromatic carbocycles. The molecule has 2 heterocycles. The normalized spacial score (nSPS) is 15.6. The van der Waals surface area contributed by atoms with Gasteiger partial charge in [0.2, 0.25) is 0 Å². The lowest BCUT2D eigenvalue weighted by molar-refractivity contribution is 0.461. The molecule has 3 aromatic rings. The SMILES string of the molecule is CCc1c(C)c(C#N)c2nc3ccccc3n2c1NC1CCCCC1. The molecule has 4 heteroatoms. The molecule has 0 aliphatic heterocycles. The summed E-state index contributed by atoms with van der Waals surface area (Å²) in [7, 11) is 0. The van der Waals surface area contributed by atoms with E-state index < -0.39 is 0 Å². The minimum Gasteiger partial charge on any atom is -0.368 e. The topological polar surface area (TPSA) is 53.1 Å². The van der Waals surface area contributed by atoms with Gasteiger partial charge in [0.1, 0.15) is 11.9 Å². The lowest BCUT2D eigenvalue weighted by atomic mass is 9.95. The van der Waals surface area contributed by atoms with Gasteiger partial charge in [-0.15, -0.1) is 0 Å². The Kier molecular flexibility index (Phi) is 4.09. The molecule has 0 unspecified atom stereocenters. The number of nitriles is 1. The van der Waals surface area contributed by atoms with Crippen LogP contribution in [0.5, 0.6) is 0 Å². The van der Waals surface area contributed by atoms with Crippen molar-refractivity contribution in [1.82, 2.24) is 9.38 Å². The van der Waals surface area contributed by atoms with E-state index in [1.54, 1.807) is 0 Å². The van der Waals surface area contributed by atoms with Crippen LogP contribution in [0.25, 0.3) is 16.7 Å². The molecule has 1 N–H and O–H groups in total. The van der Waals surface area contributed by atoms with Gasteiger partial charge in [-0.05, 0) is 49.4 Å². The Morgan fingerprint density at radius 2 is 2.00 bits per heavy atom. The Hall–Kier alpha value is -2.54. The van der Waals surface area contributed by atoms with E-state index in [-0.39, 0.29) is 0 Å². The molecular weight excluding hydrogens is 308 g/mol. The van der Waals surface area contributed by atoms with E-state index in [9.17, 15) is 5.26 Å². The van der Waals surface area contributed by atoms with Crippen molar-refractivity contribution in [3.63, 3.8) is 0 Å². The first kappa shape index (κ1) is 16.0. The Morgan fingerprint density at radius 3 is 2.72 bits per heavy atom. The number of hydrogen-bond acceptors (Lipinski definition) is 3. The molecule has 0 spiro atoms. The van der Waals surface area contributed by atoms with Gasteiger partial charge in [0.25, 0.3) is 0 Å². The first-order chi connectivity index (χ1) is 12.2. The first-order valence-corrected chi connectivity index (χ1v) is 9.33. The Labute approximate surface area is 148 Å². The molecule has 25 heavy (non-hydrogen) atoms. The van der Waals surface area contributed by atoms with Crippen molar-refractivity contribution in [3.05, 3.63) is 41.0 Å². The number of para-hydroxylation sites is 2. The summed E-state index contributed by atoms with van der Waals surface area (Å²) in [6.45, 7) is 4.23. The third-order valence-corrected chi connectivity index (χ3v) is 5.53. The molecule has 4 rings (SSSR count). The molecule has 2 aromatic heterocycles. The van der Waals surface area contributed by atoms with Crippen LogP contribution in [0.4, 0.5) is 5.82 Å². The second-order valence-electron chi connectivity index (χ2n) is 7.03. The number of hydrogen-bond donors (Lipinski definition) is 1. The van der Waals surface area contributed by atoms with E-state index in [1.165, 1.54) is 37.7 Å². The van der Waals surface area contributed by atoms with Gasteiger partial charge in [0.05, 0.1) is 16.6 Å². The van der Waals surface area contributed by atoms with Crippen molar-refractivity contribution in [2.24, 2.45) is 0 Å². The number of rotatable bonds is 3. The summed E-state index contributed by atoms with van der Waals surface area (Å²) in [6, 6.07) is 11.1. The molecule has 0 amide bonds. The number of fused-ring (bicyclic) bond motifs is 3. The van der Waals surface area contributed by atoms with E-state index in [2.05, 4.69) is 35.7 Å². The van der Waals surface area contributed by atoms with Crippen LogP contribution in [-0.2, 0) is 6.42 Å². The maximum absolute atomic E-state index is 9.75. The van der Waals surface area contributed by atoms with Gasteiger partial charge in [-0.25, -0.2) is 4.98 Å². The van der Waals surface area contributed by atoms with Gasteiger partial charge >= 0.3 is 0 Å². The Morgan fingerprint density at radius 1 is 1.24 bits per heavy atom. The minimum absolute atomic E-state index is 0.510. The van der Waals surface area contributed by atoms with Crippen molar-refractivity contribution in [1.29, 1.82) is 5.26 Å². The molecule has 1 aliphatic carbocycles. The number of pyridine rings is 1. The largest absolute Gasteiger partial charge is 0.368 e. The summed E-state index contributed by atoms with van der Waals surface area (Å²) in [6.07, 6.45) is 7.27. The zero-order valence-corrected chi connectivity index (χ0v) is 15.0. The summed E-state index contributed by atoms with van der Waals surface area (Å²) in [5.41, 5.74) is 5.78. The number of anilines is 1. The lowest BCUT2D eigenvalue weighted by Crippen LogP contribution is -2.25. The van der Waals surface area contributed by atoms with Gasteiger partial charge < -0.3 is 5.32 Å². The van der Waals surface area contributed by atoms with Crippen LogP contribution >= 0.6 is 0 Å². The second kappa shape index (κ2) is 6.40. The van der Waals surface area contributed by atoms with Crippen LogP contribution in [0.1, 0.15) is 55.7 Å². The molecule has 1 fully saturated rings. The Bertz CT molecular complexity index is 971. The van der Waals surface area contributed by atoms with Crippen LogP contribution in [-0.4, -0.2) is 15.4 Å². The fourth-order valence-electron chi connectivity index (χ4n) is 4.21. The highest BCUT2D eigenvalue weighted by Crippen LogP contribution is 2.33. The highest BCUT2D eigenvalue weighted by Gasteiger charge is 2.22. The molecule has 0 atom stereocenters. The van der Waals surface area contributed by atoms with E-state index in [0.717, 1.165) is 34.5 Å². The zero-order chi connectivity index (χ0) is 17.4. The Balaban J connectivity index is 2.02. The molecule has 0 bridgehead atoms. The number of nitrogens with zero attached hydrogens (tertiary/aromatic N) is 3. The van der Waals surface area contributed by atoms with Crippen LogP contribution in [0.2, 0.25) is 0 Å². The van der Waals surface area contributed by atoms with Gasteiger partial charge in [0, 0.05) is 6.04 Å². The summed E-state index contributed by atoms with van der Waals surface area (Å²) in [4.78, 5) is 4.78. The summed E-state index contributed by atoms with van der Waals surface area (Å²) >= 11 is 0. The highest BCUT2D eigenvalue weighted by molar-refractivity contribution is 5.86. The molecule has 0 saturated heterocycles. The van der Waals surface area contributed by atoms with E-state index >= 15 is 0 Å². The highest BCUT2D eigenvalue weighted by atomic mass is 15.1. The minimum atomic E-state index is 0.510. The molecule has 128 valence electrons. The third-order valence-electron chi connectivity index (χ3n) is 5.53. The maximum Gasteiger partial charge on any atom is 0.157 e. The summed E-state index contributed by atoms with van der Waals surface area (Å²) < 4.78 is 2.17. The predicted octanol–water partition coefficient (Wildman–Crippen LogP) is 4.97. The van der Waals surface area contributed by atoms with Crippen molar-refractivity contribution in [2.75, 3.05) is 5.32 Å². The average Bonchev–Trinajstić information content (AvgIpc) is 3.02. The van der Waals surface area contributed by atoms with Gasteiger partial charge in [-0.2, -0.15) is 5.26 Å². The standard InChI is InChI=1S/C21H24N4/c1-3-16-14(2)17(13-22)21-24-18-11-7-8-12-19(18)25(21)20(16)23-15-9-5-4-6-10-15/h7-8,11-12,15,23H,3-6,9-10H2,1-2H3. The first-order valence-electron chi connectivity index (χ1n) is 9.33. The number of aromatic nitrogens is 2. The summed E-state index contributed by atoms with van der Waals surface area (Å²) in [5, 5.41) is 13.6.